The molecule has 0 aliphatic carbocycles. The second-order valence-corrected chi connectivity index (χ2v) is 6.35. The smallest absolute Gasteiger partial charge is 0.395 e. The third-order valence-electron chi connectivity index (χ3n) is 2.54. The van der Waals surface area contributed by atoms with Crippen molar-refractivity contribution in [1.29, 1.82) is 0 Å². The van der Waals surface area contributed by atoms with Gasteiger partial charge >= 0.3 is 6.18 Å². The van der Waals surface area contributed by atoms with Gasteiger partial charge in [0.25, 0.3) is 0 Å². The maximum Gasteiger partial charge on any atom is 0.402 e. The van der Waals surface area contributed by atoms with E-state index < -0.39 is 35.9 Å². The molecule has 1 N–H and O–H groups in total. The fourth-order valence-corrected chi connectivity index (χ4v) is 3.50. The molecule has 0 aromatic heterocycles. The molecule has 20 heavy (non-hydrogen) atoms. The predicted molar refractivity (Wildman–Crippen MR) is 68.1 cm³/mol. The van der Waals surface area contributed by atoms with E-state index in [1.54, 1.807) is 0 Å². The SMILES string of the molecule is Cc1c(Cl)cccc1S(=O)(=O)N(CCO)CC(F)(F)F. The van der Waals surface area contributed by atoms with Crippen LogP contribution in [0.2, 0.25) is 5.02 Å². The lowest BCUT2D eigenvalue weighted by Crippen LogP contribution is -2.40. The van der Waals surface area contributed by atoms with E-state index in [1.807, 2.05) is 0 Å². The van der Waals surface area contributed by atoms with E-state index in [-0.39, 0.29) is 19.8 Å². The molecule has 0 aliphatic heterocycles. The normalized spacial score (nSPS) is 12.9. The number of sulfonamides is 1. The third-order valence-corrected chi connectivity index (χ3v) is 4.94. The molecule has 0 unspecified atom stereocenters. The number of benzene rings is 1. The van der Waals surface area contributed by atoms with Crippen molar-refractivity contribution in [1.82, 2.24) is 4.31 Å². The van der Waals surface area contributed by atoms with Crippen molar-refractivity contribution < 1.29 is 26.7 Å². The number of nitrogens with zero attached hydrogens (tertiary/aromatic N) is 1. The third kappa shape index (κ3) is 4.08. The zero-order chi connectivity index (χ0) is 15.6. The fourth-order valence-electron chi connectivity index (χ4n) is 1.60. The van der Waals surface area contributed by atoms with Crippen LogP contribution in [0.3, 0.4) is 0 Å². The zero-order valence-corrected chi connectivity index (χ0v) is 12.1. The van der Waals surface area contributed by atoms with Gasteiger partial charge in [-0.25, -0.2) is 8.42 Å². The van der Waals surface area contributed by atoms with Crippen molar-refractivity contribution in [2.24, 2.45) is 0 Å². The summed E-state index contributed by atoms with van der Waals surface area (Å²) >= 11 is 5.78. The van der Waals surface area contributed by atoms with Crippen LogP contribution in [-0.2, 0) is 10.0 Å². The van der Waals surface area contributed by atoms with Gasteiger partial charge in [-0.1, -0.05) is 17.7 Å². The van der Waals surface area contributed by atoms with E-state index in [4.69, 9.17) is 16.7 Å². The lowest BCUT2D eigenvalue weighted by atomic mass is 10.2. The van der Waals surface area contributed by atoms with Crippen LogP contribution in [0.25, 0.3) is 0 Å². The molecule has 4 nitrogen and oxygen atoms in total. The van der Waals surface area contributed by atoms with E-state index in [1.165, 1.54) is 25.1 Å². The van der Waals surface area contributed by atoms with Gasteiger partial charge in [-0.2, -0.15) is 17.5 Å². The Balaban J connectivity index is 3.26. The molecule has 9 heteroatoms. The number of rotatable bonds is 5. The topological polar surface area (TPSA) is 57.6 Å². The Morgan fingerprint density at radius 2 is 1.95 bits per heavy atom. The van der Waals surface area contributed by atoms with Crippen molar-refractivity contribution in [2.45, 2.75) is 18.0 Å². The van der Waals surface area contributed by atoms with Gasteiger partial charge in [-0.05, 0) is 24.6 Å². The minimum atomic E-state index is -4.70. The Morgan fingerprint density at radius 3 is 2.45 bits per heavy atom. The number of aliphatic hydroxyl groups is 1. The van der Waals surface area contributed by atoms with Gasteiger partial charge in [0.1, 0.15) is 6.54 Å². The molecule has 1 aromatic rings. The molecular weight excluding hydrogens is 319 g/mol. The first-order valence-electron chi connectivity index (χ1n) is 5.52. The van der Waals surface area contributed by atoms with E-state index in [9.17, 15) is 21.6 Å². The Morgan fingerprint density at radius 1 is 1.35 bits per heavy atom. The van der Waals surface area contributed by atoms with Crippen LogP contribution in [0.4, 0.5) is 13.2 Å². The van der Waals surface area contributed by atoms with Crippen LogP contribution in [0.1, 0.15) is 5.56 Å². The van der Waals surface area contributed by atoms with Crippen LogP contribution < -0.4 is 0 Å². The summed E-state index contributed by atoms with van der Waals surface area (Å²) in [5.41, 5.74) is 0.166. The Bertz CT molecular complexity index is 575. The molecule has 0 bridgehead atoms. The molecule has 0 saturated carbocycles. The summed E-state index contributed by atoms with van der Waals surface area (Å²) in [5, 5.41) is 8.91. The van der Waals surface area contributed by atoms with E-state index >= 15 is 0 Å². The summed E-state index contributed by atoms with van der Waals surface area (Å²) in [7, 11) is -4.38. The molecule has 1 aromatic carbocycles. The zero-order valence-electron chi connectivity index (χ0n) is 10.5. The quantitative estimate of drug-likeness (QED) is 0.900. The van der Waals surface area contributed by atoms with Crippen molar-refractivity contribution in [3.05, 3.63) is 28.8 Å². The highest BCUT2D eigenvalue weighted by molar-refractivity contribution is 7.89. The number of alkyl halides is 3. The first-order chi connectivity index (χ1) is 9.09. The van der Waals surface area contributed by atoms with Crippen LogP contribution >= 0.6 is 11.6 Å². The molecule has 0 aliphatic rings. The van der Waals surface area contributed by atoms with Crippen LogP contribution in [-0.4, -0.2) is 43.7 Å². The maximum atomic E-state index is 12.4. The van der Waals surface area contributed by atoms with Gasteiger partial charge in [-0.3, -0.25) is 0 Å². The summed E-state index contributed by atoms with van der Waals surface area (Å²) in [6, 6.07) is 3.96. The Hall–Kier alpha value is -0.830. The summed E-state index contributed by atoms with van der Waals surface area (Å²) < 4.78 is 62.0. The number of aliphatic hydroxyl groups excluding tert-OH is 1. The van der Waals surface area contributed by atoms with Gasteiger partial charge in [-0.15, -0.1) is 0 Å². The molecule has 1 rings (SSSR count). The average molecular weight is 332 g/mol. The summed E-state index contributed by atoms with van der Waals surface area (Å²) in [5.74, 6) is 0. The minimum Gasteiger partial charge on any atom is -0.395 e. The summed E-state index contributed by atoms with van der Waals surface area (Å²) in [6.45, 7) is -1.62. The second kappa shape index (κ2) is 6.30. The lowest BCUT2D eigenvalue weighted by Gasteiger charge is -2.23. The van der Waals surface area contributed by atoms with Gasteiger partial charge in [0, 0.05) is 11.6 Å². The molecule has 0 atom stereocenters. The van der Waals surface area contributed by atoms with Crippen LogP contribution in [0, 0.1) is 6.92 Å². The molecule has 0 heterocycles. The van der Waals surface area contributed by atoms with Crippen molar-refractivity contribution >= 4 is 21.6 Å². The van der Waals surface area contributed by atoms with Gasteiger partial charge in [0.05, 0.1) is 11.5 Å². The number of hydrogen-bond donors (Lipinski definition) is 1. The van der Waals surface area contributed by atoms with Crippen LogP contribution in [0.15, 0.2) is 23.1 Å². The van der Waals surface area contributed by atoms with E-state index in [0.717, 1.165) is 0 Å². The standard InChI is InChI=1S/C11H13ClF3NO3S/c1-8-9(12)3-2-4-10(8)20(18,19)16(5-6-17)7-11(13,14)15/h2-4,17H,5-7H2,1H3. The van der Waals surface area contributed by atoms with Gasteiger partial charge in [0.15, 0.2) is 0 Å². The first-order valence-corrected chi connectivity index (χ1v) is 7.34. The lowest BCUT2D eigenvalue weighted by molar-refractivity contribution is -0.136. The van der Waals surface area contributed by atoms with Crippen LogP contribution in [0.5, 0.6) is 0 Å². The average Bonchev–Trinajstić information content (AvgIpc) is 2.30. The monoisotopic (exact) mass is 331 g/mol. The molecule has 0 saturated heterocycles. The van der Waals surface area contributed by atoms with Crippen molar-refractivity contribution in [2.75, 3.05) is 19.7 Å². The van der Waals surface area contributed by atoms with Gasteiger partial charge < -0.3 is 5.11 Å². The first kappa shape index (κ1) is 17.2. The largest absolute Gasteiger partial charge is 0.402 e. The summed E-state index contributed by atoms with van der Waals surface area (Å²) in [4.78, 5) is -0.303. The molecule has 0 spiro atoms. The highest BCUT2D eigenvalue weighted by Gasteiger charge is 2.37. The van der Waals surface area contributed by atoms with E-state index in [0.29, 0.717) is 0 Å². The Labute approximate surface area is 119 Å². The number of halogens is 4. The molecule has 0 fully saturated rings. The Kier molecular flexibility index (Phi) is 5.42. The molecule has 0 radical (unpaired) electrons. The second-order valence-electron chi connectivity index (χ2n) is 4.04. The maximum absolute atomic E-state index is 12.4. The van der Waals surface area contributed by atoms with Gasteiger partial charge in [0.2, 0.25) is 10.0 Å². The van der Waals surface area contributed by atoms with Crippen molar-refractivity contribution in [3.8, 4) is 0 Å². The minimum absolute atomic E-state index is 0.141. The van der Waals surface area contributed by atoms with E-state index in [2.05, 4.69) is 0 Å². The highest BCUT2D eigenvalue weighted by Crippen LogP contribution is 2.27. The summed E-state index contributed by atoms with van der Waals surface area (Å²) in [6.07, 6.45) is -4.70. The van der Waals surface area contributed by atoms with Crippen molar-refractivity contribution in [3.63, 3.8) is 0 Å². The number of hydrogen-bond acceptors (Lipinski definition) is 3. The molecule has 0 amide bonds. The highest BCUT2D eigenvalue weighted by atomic mass is 35.5. The molecule has 114 valence electrons. The molecular formula is C11H13ClF3NO3S. The predicted octanol–water partition coefficient (Wildman–Crippen LogP) is 2.19. The fraction of sp³-hybridized carbons (Fsp3) is 0.455.